The van der Waals surface area contributed by atoms with Gasteiger partial charge in [-0.3, -0.25) is 0 Å². The van der Waals surface area contributed by atoms with Gasteiger partial charge in [-0.1, -0.05) is 6.42 Å². The predicted molar refractivity (Wildman–Crippen MR) is 94.0 cm³/mol. The molecule has 0 radical (unpaired) electrons. The highest BCUT2D eigenvalue weighted by atomic mass is 16.5. The molecule has 4 saturated carbocycles. The summed E-state index contributed by atoms with van der Waals surface area (Å²) in [7, 11) is 0. The SMILES string of the molecule is OC(COCCOC12CC3CC(CC(C3)C1)C2)CN1CCCCC1. The monoisotopic (exact) mass is 337 g/mol. The van der Waals surface area contributed by atoms with Crippen LogP contribution < -0.4 is 0 Å². The topological polar surface area (TPSA) is 41.9 Å². The van der Waals surface area contributed by atoms with E-state index >= 15 is 0 Å². The number of ether oxygens (including phenoxy) is 2. The summed E-state index contributed by atoms with van der Waals surface area (Å²) in [5.41, 5.74) is 0.185. The molecule has 0 aromatic carbocycles. The van der Waals surface area contributed by atoms with Crippen molar-refractivity contribution in [2.24, 2.45) is 17.8 Å². The van der Waals surface area contributed by atoms with E-state index in [0.717, 1.165) is 37.4 Å². The van der Waals surface area contributed by atoms with Crippen LogP contribution in [-0.4, -0.2) is 61.2 Å². The highest BCUT2D eigenvalue weighted by molar-refractivity contribution is 5.03. The lowest BCUT2D eigenvalue weighted by Crippen LogP contribution is -2.52. The first-order valence-electron chi connectivity index (χ1n) is 10.3. The summed E-state index contributed by atoms with van der Waals surface area (Å²) in [6, 6.07) is 0. The molecule has 5 aliphatic rings. The molecule has 1 unspecified atom stereocenters. The molecule has 0 amide bonds. The molecule has 1 saturated heterocycles. The summed E-state index contributed by atoms with van der Waals surface area (Å²) in [6.45, 7) is 4.79. The van der Waals surface area contributed by atoms with Gasteiger partial charge < -0.3 is 19.5 Å². The van der Waals surface area contributed by atoms with Crippen molar-refractivity contribution in [3.63, 3.8) is 0 Å². The predicted octanol–water partition coefficient (Wildman–Crippen LogP) is 2.84. The maximum atomic E-state index is 10.1. The van der Waals surface area contributed by atoms with E-state index in [-0.39, 0.29) is 11.7 Å². The van der Waals surface area contributed by atoms with Crippen LogP contribution in [0.25, 0.3) is 0 Å². The lowest BCUT2D eigenvalue weighted by molar-refractivity contribution is -0.170. The van der Waals surface area contributed by atoms with Crippen molar-refractivity contribution in [3.8, 4) is 0 Å². The van der Waals surface area contributed by atoms with Gasteiger partial charge in [-0.25, -0.2) is 0 Å². The van der Waals surface area contributed by atoms with Gasteiger partial charge in [-0.15, -0.1) is 0 Å². The molecule has 138 valence electrons. The zero-order valence-electron chi connectivity index (χ0n) is 15.1. The Labute approximate surface area is 146 Å². The Balaban J connectivity index is 1.11. The van der Waals surface area contributed by atoms with Crippen molar-refractivity contribution in [2.75, 3.05) is 39.5 Å². The van der Waals surface area contributed by atoms with E-state index in [2.05, 4.69) is 4.90 Å². The number of likely N-dealkylation sites (tertiary alicyclic amines) is 1. The van der Waals surface area contributed by atoms with Gasteiger partial charge in [0.1, 0.15) is 0 Å². The average molecular weight is 338 g/mol. The van der Waals surface area contributed by atoms with Gasteiger partial charge in [0, 0.05) is 6.54 Å². The number of aliphatic hydroxyl groups is 1. The first kappa shape index (κ1) is 17.3. The van der Waals surface area contributed by atoms with Crippen LogP contribution in [0.2, 0.25) is 0 Å². The molecule has 4 aliphatic carbocycles. The minimum absolute atomic E-state index is 0.185. The van der Waals surface area contributed by atoms with E-state index in [1.54, 1.807) is 0 Å². The van der Waals surface area contributed by atoms with Crippen LogP contribution in [0.3, 0.4) is 0 Å². The van der Waals surface area contributed by atoms with Gasteiger partial charge in [-0.2, -0.15) is 0 Å². The van der Waals surface area contributed by atoms with Gasteiger partial charge >= 0.3 is 0 Å². The van der Waals surface area contributed by atoms with E-state index in [4.69, 9.17) is 9.47 Å². The van der Waals surface area contributed by atoms with E-state index in [1.807, 2.05) is 0 Å². The summed E-state index contributed by atoms with van der Waals surface area (Å²) in [4.78, 5) is 2.36. The number of rotatable bonds is 8. The summed E-state index contributed by atoms with van der Waals surface area (Å²) < 4.78 is 12.1. The molecule has 4 heteroatoms. The second-order valence-corrected chi connectivity index (χ2v) is 9.04. The van der Waals surface area contributed by atoms with Gasteiger partial charge in [0.05, 0.1) is 31.5 Å². The number of β-amino-alcohol motifs (C(OH)–C–C–N with tert-alkyl or cyclic N) is 1. The molecule has 4 nitrogen and oxygen atoms in total. The molecular formula is C20H35NO3. The zero-order chi connectivity index (χ0) is 16.4. The minimum atomic E-state index is -0.359. The molecule has 0 aromatic rings. The van der Waals surface area contributed by atoms with Crippen LogP contribution in [0.15, 0.2) is 0 Å². The normalized spacial score (nSPS) is 40.1. The molecule has 5 fully saturated rings. The molecule has 1 atom stereocenters. The highest BCUT2D eigenvalue weighted by Crippen LogP contribution is 2.57. The lowest BCUT2D eigenvalue weighted by atomic mass is 9.54. The third-order valence-electron chi connectivity index (χ3n) is 6.85. The fourth-order valence-electron chi connectivity index (χ4n) is 6.24. The molecule has 1 heterocycles. The van der Waals surface area contributed by atoms with Crippen LogP contribution >= 0.6 is 0 Å². The molecular weight excluding hydrogens is 302 g/mol. The molecule has 1 aliphatic heterocycles. The summed E-state index contributed by atoms with van der Waals surface area (Å²) in [5.74, 6) is 2.80. The number of hydrogen-bond donors (Lipinski definition) is 1. The van der Waals surface area contributed by atoms with Gasteiger partial charge in [0.15, 0.2) is 0 Å². The first-order valence-corrected chi connectivity index (χ1v) is 10.3. The first-order chi connectivity index (χ1) is 11.7. The van der Waals surface area contributed by atoms with Crippen molar-refractivity contribution in [2.45, 2.75) is 69.5 Å². The Morgan fingerprint density at radius 1 is 0.917 bits per heavy atom. The molecule has 0 aromatic heterocycles. The van der Waals surface area contributed by atoms with Crippen molar-refractivity contribution in [1.82, 2.24) is 4.90 Å². The second-order valence-electron chi connectivity index (χ2n) is 9.04. The third-order valence-corrected chi connectivity index (χ3v) is 6.85. The van der Waals surface area contributed by atoms with Crippen LogP contribution in [0, 0.1) is 17.8 Å². The van der Waals surface area contributed by atoms with Crippen LogP contribution in [0.4, 0.5) is 0 Å². The second kappa shape index (κ2) is 7.61. The number of nitrogens with zero attached hydrogens (tertiary/aromatic N) is 1. The highest BCUT2D eigenvalue weighted by Gasteiger charge is 2.51. The van der Waals surface area contributed by atoms with E-state index < -0.39 is 0 Å². The summed E-state index contributed by atoms with van der Waals surface area (Å²) >= 11 is 0. The minimum Gasteiger partial charge on any atom is -0.389 e. The average Bonchev–Trinajstić information content (AvgIpc) is 2.54. The summed E-state index contributed by atoms with van der Waals surface area (Å²) in [5, 5.41) is 10.1. The van der Waals surface area contributed by atoms with Gasteiger partial charge in [0.25, 0.3) is 0 Å². The Morgan fingerprint density at radius 2 is 1.54 bits per heavy atom. The number of aliphatic hydroxyl groups excluding tert-OH is 1. The maximum Gasteiger partial charge on any atom is 0.0900 e. The smallest absolute Gasteiger partial charge is 0.0900 e. The lowest BCUT2D eigenvalue weighted by Gasteiger charge is -2.56. The van der Waals surface area contributed by atoms with Crippen molar-refractivity contribution < 1.29 is 14.6 Å². The van der Waals surface area contributed by atoms with Gasteiger partial charge in [0.2, 0.25) is 0 Å². The Bertz CT molecular complexity index is 372. The van der Waals surface area contributed by atoms with Crippen molar-refractivity contribution >= 4 is 0 Å². The number of piperidine rings is 1. The quantitative estimate of drug-likeness (QED) is 0.692. The Morgan fingerprint density at radius 3 is 2.17 bits per heavy atom. The fourth-order valence-corrected chi connectivity index (χ4v) is 6.24. The maximum absolute atomic E-state index is 10.1. The molecule has 5 rings (SSSR count). The fraction of sp³-hybridized carbons (Fsp3) is 1.00. The van der Waals surface area contributed by atoms with Crippen molar-refractivity contribution in [3.05, 3.63) is 0 Å². The Hall–Kier alpha value is -0.160. The van der Waals surface area contributed by atoms with E-state index in [9.17, 15) is 5.11 Å². The summed E-state index contributed by atoms with van der Waals surface area (Å²) in [6.07, 6.45) is 11.8. The molecule has 0 spiro atoms. The molecule has 4 bridgehead atoms. The molecule has 1 N–H and O–H groups in total. The van der Waals surface area contributed by atoms with E-state index in [1.165, 1.54) is 57.8 Å². The van der Waals surface area contributed by atoms with Crippen LogP contribution in [0.5, 0.6) is 0 Å². The standard InChI is InChI=1S/C20H35NO3/c22-19(14-21-4-2-1-3-5-21)15-23-6-7-24-20-11-16-8-17(12-20)10-18(9-16)13-20/h16-19,22H,1-15H2. The third kappa shape index (κ3) is 4.14. The van der Waals surface area contributed by atoms with Crippen LogP contribution in [-0.2, 0) is 9.47 Å². The van der Waals surface area contributed by atoms with E-state index in [0.29, 0.717) is 19.8 Å². The zero-order valence-corrected chi connectivity index (χ0v) is 15.1. The molecule has 24 heavy (non-hydrogen) atoms. The van der Waals surface area contributed by atoms with Crippen LogP contribution in [0.1, 0.15) is 57.8 Å². The van der Waals surface area contributed by atoms with Gasteiger partial charge in [-0.05, 0) is 82.2 Å². The van der Waals surface area contributed by atoms with Crippen molar-refractivity contribution in [1.29, 1.82) is 0 Å². The number of hydrogen-bond acceptors (Lipinski definition) is 4. The Kier molecular flexibility index (Phi) is 5.47. The largest absolute Gasteiger partial charge is 0.389 e.